The molecule has 0 aliphatic carbocycles. The molecule has 2 aromatic rings. The molecule has 1 atom stereocenters. The van der Waals surface area contributed by atoms with Crippen molar-refractivity contribution >= 4 is 11.0 Å². The zero-order valence-corrected chi connectivity index (χ0v) is 10.1. The largest absolute Gasteiger partial charge is 0.458 e. The lowest BCUT2D eigenvalue weighted by Crippen LogP contribution is -1.98. The molecule has 17 heavy (non-hydrogen) atoms. The van der Waals surface area contributed by atoms with Gasteiger partial charge in [-0.05, 0) is 43.0 Å². The summed E-state index contributed by atoms with van der Waals surface area (Å²) in [5.41, 5.74) is 0.616. The van der Waals surface area contributed by atoms with Crippen LogP contribution in [0.2, 0.25) is 0 Å². The molecule has 2 rings (SSSR count). The summed E-state index contributed by atoms with van der Waals surface area (Å²) in [6, 6.07) is 6.07. The fourth-order valence-electron chi connectivity index (χ4n) is 1.83. The van der Waals surface area contributed by atoms with Crippen molar-refractivity contribution < 1.29 is 13.9 Å². The minimum Gasteiger partial charge on any atom is -0.458 e. The highest BCUT2D eigenvalue weighted by molar-refractivity contribution is 5.77. The third-order valence-electron chi connectivity index (χ3n) is 2.84. The molecule has 92 valence electrons. The van der Waals surface area contributed by atoms with E-state index in [0.717, 1.165) is 6.42 Å². The Morgan fingerprint density at radius 3 is 2.71 bits per heavy atom. The quantitative estimate of drug-likeness (QED) is 0.869. The van der Waals surface area contributed by atoms with E-state index in [0.29, 0.717) is 29.1 Å². The Morgan fingerprint density at radius 1 is 1.24 bits per heavy atom. The summed E-state index contributed by atoms with van der Waals surface area (Å²) in [6.45, 7) is 4.22. The number of benzene rings is 1. The molecule has 1 aromatic heterocycles. The maximum atomic E-state index is 13.0. The summed E-state index contributed by atoms with van der Waals surface area (Å²) >= 11 is 0. The van der Waals surface area contributed by atoms with Crippen molar-refractivity contribution in [1.29, 1.82) is 0 Å². The molecule has 0 fully saturated rings. The third kappa shape index (κ3) is 2.86. The molecule has 1 unspecified atom stereocenters. The van der Waals surface area contributed by atoms with Crippen molar-refractivity contribution in [3.8, 4) is 0 Å². The maximum absolute atomic E-state index is 13.0. The van der Waals surface area contributed by atoms with Gasteiger partial charge < -0.3 is 9.52 Å². The molecule has 0 amide bonds. The van der Waals surface area contributed by atoms with Gasteiger partial charge in [0.2, 0.25) is 0 Å². The van der Waals surface area contributed by atoms with Gasteiger partial charge in [0.25, 0.3) is 0 Å². The fourth-order valence-corrected chi connectivity index (χ4v) is 1.83. The Kier molecular flexibility index (Phi) is 3.48. The van der Waals surface area contributed by atoms with Crippen LogP contribution >= 0.6 is 0 Å². The minimum atomic E-state index is -0.604. The Hall–Kier alpha value is -1.35. The number of halogens is 1. The Labute approximate surface area is 100 Å². The lowest BCUT2D eigenvalue weighted by Gasteiger charge is -2.08. The van der Waals surface area contributed by atoms with Gasteiger partial charge in [0.1, 0.15) is 23.3 Å². The highest BCUT2D eigenvalue weighted by atomic mass is 19.1. The second-order valence-corrected chi connectivity index (χ2v) is 4.82. The van der Waals surface area contributed by atoms with Gasteiger partial charge in [0.05, 0.1) is 0 Å². The first-order valence-electron chi connectivity index (χ1n) is 5.93. The van der Waals surface area contributed by atoms with E-state index < -0.39 is 6.10 Å². The van der Waals surface area contributed by atoms with E-state index in [1.165, 1.54) is 12.1 Å². The Bertz CT molecular complexity index is 502. The summed E-state index contributed by atoms with van der Waals surface area (Å²) < 4.78 is 18.5. The van der Waals surface area contributed by atoms with Crippen LogP contribution in [0.1, 0.15) is 38.6 Å². The molecule has 0 spiro atoms. The minimum absolute atomic E-state index is 0.290. The first-order chi connectivity index (χ1) is 8.06. The van der Waals surface area contributed by atoms with E-state index in [9.17, 15) is 9.50 Å². The van der Waals surface area contributed by atoms with E-state index in [1.54, 1.807) is 12.1 Å². The Balaban J connectivity index is 2.18. The average Bonchev–Trinajstić information content (AvgIpc) is 2.68. The van der Waals surface area contributed by atoms with Crippen molar-refractivity contribution in [1.82, 2.24) is 0 Å². The monoisotopic (exact) mass is 236 g/mol. The summed E-state index contributed by atoms with van der Waals surface area (Å²) in [6.07, 6.45) is 1.000. The van der Waals surface area contributed by atoms with Crippen LogP contribution in [0.5, 0.6) is 0 Å². The van der Waals surface area contributed by atoms with Gasteiger partial charge in [-0.15, -0.1) is 0 Å². The molecular weight excluding hydrogens is 219 g/mol. The summed E-state index contributed by atoms with van der Waals surface area (Å²) in [4.78, 5) is 0. The molecule has 0 saturated carbocycles. The lowest BCUT2D eigenvalue weighted by molar-refractivity contribution is 0.135. The normalized spacial score (nSPS) is 13.5. The van der Waals surface area contributed by atoms with Gasteiger partial charge in [-0.25, -0.2) is 4.39 Å². The SMILES string of the molecule is CC(C)CCC(O)c1cc2cc(F)ccc2o1. The predicted molar refractivity (Wildman–Crippen MR) is 65.2 cm³/mol. The topological polar surface area (TPSA) is 33.4 Å². The van der Waals surface area contributed by atoms with Crippen LogP contribution in [-0.4, -0.2) is 5.11 Å². The van der Waals surface area contributed by atoms with Crippen molar-refractivity contribution in [2.75, 3.05) is 0 Å². The van der Waals surface area contributed by atoms with Gasteiger partial charge >= 0.3 is 0 Å². The van der Waals surface area contributed by atoms with E-state index in [-0.39, 0.29) is 5.82 Å². The molecular formula is C14H17FO2. The van der Waals surface area contributed by atoms with Crippen LogP contribution in [-0.2, 0) is 0 Å². The second kappa shape index (κ2) is 4.88. The second-order valence-electron chi connectivity index (χ2n) is 4.82. The highest BCUT2D eigenvalue weighted by Gasteiger charge is 2.14. The van der Waals surface area contributed by atoms with Gasteiger partial charge in [0.15, 0.2) is 0 Å². The molecule has 1 heterocycles. The number of furan rings is 1. The van der Waals surface area contributed by atoms with Crippen molar-refractivity contribution in [3.63, 3.8) is 0 Å². The zero-order valence-electron chi connectivity index (χ0n) is 10.1. The van der Waals surface area contributed by atoms with Crippen LogP contribution in [0, 0.1) is 11.7 Å². The molecule has 2 nitrogen and oxygen atoms in total. The first-order valence-corrected chi connectivity index (χ1v) is 5.93. The summed E-state index contributed by atoms with van der Waals surface area (Å²) in [7, 11) is 0. The maximum Gasteiger partial charge on any atom is 0.134 e. The lowest BCUT2D eigenvalue weighted by atomic mass is 10.0. The standard InChI is InChI=1S/C14H17FO2/c1-9(2)3-5-12(16)14-8-10-7-11(15)4-6-13(10)17-14/h4,6-9,12,16H,3,5H2,1-2H3. The molecule has 0 aliphatic rings. The Morgan fingerprint density at radius 2 is 2.00 bits per heavy atom. The van der Waals surface area contributed by atoms with Crippen molar-refractivity contribution in [2.24, 2.45) is 5.92 Å². The summed E-state index contributed by atoms with van der Waals surface area (Å²) in [5, 5.41) is 10.7. The number of hydrogen-bond acceptors (Lipinski definition) is 2. The number of aliphatic hydroxyl groups is 1. The smallest absolute Gasteiger partial charge is 0.134 e. The molecule has 0 aliphatic heterocycles. The van der Waals surface area contributed by atoms with Crippen LogP contribution < -0.4 is 0 Å². The summed E-state index contributed by atoms with van der Waals surface area (Å²) in [5.74, 6) is 0.777. The van der Waals surface area contributed by atoms with E-state index in [2.05, 4.69) is 13.8 Å². The number of hydrogen-bond donors (Lipinski definition) is 1. The molecule has 1 N–H and O–H groups in total. The van der Waals surface area contributed by atoms with Gasteiger partial charge in [0, 0.05) is 5.39 Å². The molecule has 1 aromatic carbocycles. The van der Waals surface area contributed by atoms with Crippen LogP contribution in [0.15, 0.2) is 28.7 Å². The molecule has 0 saturated heterocycles. The van der Waals surface area contributed by atoms with E-state index in [4.69, 9.17) is 4.42 Å². The van der Waals surface area contributed by atoms with Crippen LogP contribution in [0.4, 0.5) is 4.39 Å². The van der Waals surface area contributed by atoms with Crippen LogP contribution in [0.3, 0.4) is 0 Å². The zero-order chi connectivity index (χ0) is 12.4. The van der Waals surface area contributed by atoms with E-state index >= 15 is 0 Å². The van der Waals surface area contributed by atoms with Crippen molar-refractivity contribution in [2.45, 2.75) is 32.8 Å². The van der Waals surface area contributed by atoms with Crippen molar-refractivity contribution in [3.05, 3.63) is 35.8 Å². The number of aliphatic hydroxyl groups excluding tert-OH is 1. The van der Waals surface area contributed by atoms with E-state index in [1.807, 2.05) is 0 Å². The highest BCUT2D eigenvalue weighted by Crippen LogP contribution is 2.27. The number of rotatable bonds is 4. The van der Waals surface area contributed by atoms with Gasteiger partial charge in [-0.1, -0.05) is 13.8 Å². The predicted octanol–water partition coefficient (Wildman–Crippen LogP) is 4.04. The molecule has 0 radical (unpaired) electrons. The molecule has 0 bridgehead atoms. The average molecular weight is 236 g/mol. The third-order valence-corrected chi connectivity index (χ3v) is 2.84. The van der Waals surface area contributed by atoms with Crippen LogP contribution in [0.25, 0.3) is 11.0 Å². The first kappa shape index (κ1) is 12.1. The molecule has 3 heteroatoms. The fraction of sp³-hybridized carbons (Fsp3) is 0.429. The number of fused-ring (bicyclic) bond motifs is 1. The van der Waals surface area contributed by atoms with Gasteiger partial charge in [-0.3, -0.25) is 0 Å². The van der Waals surface area contributed by atoms with Gasteiger partial charge in [-0.2, -0.15) is 0 Å².